The van der Waals surface area contributed by atoms with E-state index in [9.17, 15) is 9.59 Å². The molecule has 3 aromatic rings. The Hall–Kier alpha value is -3.18. The monoisotopic (exact) mass is 400 g/mol. The zero-order valence-corrected chi connectivity index (χ0v) is 17.1. The molecule has 29 heavy (non-hydrogen) atoms. The third kappa shape index (κ3) is 2.73. The molecule has 5 rings (SSSR count). The smallest absolute Gasteiger partial charge is 0.282 e. The number of imide groups is 1. The summed E-state index contributed by atoms with van der Waals surface area (Å²) in [6.07, 6.45) is 0.863. The van der Waals surface area contributed by atoms with Crippen LogP contribution in [0.25, 0.3) is 5.57 Å². The van der Waals surface area contributed by atoms with Crippen LogP contribution in [0, 0.1) is 13.8 Å². The molecule has 0 unspecified atom stereocenters. The second-order valence-corrected chi connectivity index (χ2v) is 8.41. The van der Waals surface area contributed by atoms with E-state index in [4.69, 9.17) is 0 Å². The molecule has 144 valence electrons. The van der Waals surface area contributed by atoms with E-state index in [1.165, 1.54) is 21.8 Å². The van der Waals surface area contributed by atoms with Crippen LogP contribution in [0.15, 0.2) is 65.7 Å². The lowest BCUT2D eigenvalue weighted by molar-refractivity contribution is -0.120. The molecule has 1 aromatic heterocycles. The summed E-state index contributed by atoms with van der Waals surface area (Å²) in [6, 6.07) is 17.8. The summed E-state index contributed by atoms with van der Waals surface area (Å²) in [5.41, 5.74) is 5.80. The first kappa shape index (κ1) is 17.9. The largest absolute Gasteiger partial charge is 0.336 e. The van der Waals surface area contributed by atoms with E-state index < -0.39 is 0 Å². The molecule has 2 amide bonds. The summed E-state index contributed by atoms with van der Waals surface area (Å²) < 4.78 is 0. The van der Waals surface area contributed by atoms with Gasteiger partial charge >= 0.3 is 0 Å². The minimum Gasteiger partial charge on any atom is -0.336 e. The van der Waals surface area contributed by atoms with Crippen molar-refractivity contribution in [1.29, 1.82) is 0 Å². The van der Waals surface area contributed by atoms with Crippen molar-refractivity contribution in [3.05, 3.63) is 87.2 Å². The van der Waals surface area contributed by atoms with Crippen LogP contribution in [-0.4, -0.2) is 18.4 Å². The Morgan fingerprint density at radius 3 is 2.52 bits per heavy atom. The maximum atomic E-state index is 13.7. The van der Waals surface area contributed by atoms with E-state index >= 15 is 0 Å². The molecule has 0 spiro atoms. The van der Waals surface area contributed by atoms with Crippen LogP contribution in [0.1, 0.15) is 21.6 Å². The summed E-state index contributed by atoms with van der Waals surface area (Å²) in [5.74, 6) is -0.491. The highest BCUT2D eigenvalue weighted by molar-refractivity contribution is 7.11. The first-order valence-electron chi connectivity index (χ1n) is 9.66. The highest BCUT2D eigenvalue weighted by Crippen LogP contribution is 2.41. The Morgan fingerprint density at radius 1 is 0.897 bits per heavy atom. The summed E-state index contributed by atoms with van der Waals surface area (Å²) in [6.45, 7) is 4.60. The number of carbonyl (C=O) groups excluding carboxylic acids is 2. The third-order valence-electron chi connectivity index (χ3n) is 5.59. The van der Waals surface area contributed by atoms with Crippen LogP contribution >= 0.6 is 11.3 Å². The fourth-order valence-electron chi connectivity index (χ4n) is 4.16. The number of nitrogens with zero attached hydrogens (tertiary/aromatic N) is 2. The highest BCUT2D eigenvalue weighted by Gasteiger charge is 2.44. The summed E-state index contributed by atoms with van der Waals surface area (Å²) in [4.78, 5) is 31.5. The van der Waals surface area contributed by atoms with Gasteiger partial charge in [0.15, 0.2) is 0 Å². The quantitative estimate of drug-likeness (QED) is 0.598. The number of hydrogen-bond acceptors (Lipinski definition) is 4. The van der Waals surface area contributed by atoms with Gasteiger partial charge in [0.1, 0.15) is 5.70 Å². The van der Waals surface area contributed by atoms with E-state index in [0.29, 0.717) is 23.5 Å². The number of carbonyl (C=O) groups is 2. The number of hydrogen-bond donors (Lipinski definition) is 0. The summed E-state index contributed by atoms with van der Waals surface area (Å²) in [5, 5.41) is 1.94. The molecular weight excluding hydrogens is 380 g/mol. The Bertz CT molecular complexity index is 1180. The molecule has 0 radical (unpaired) electrons. The first-order valence-corrected chi connectivity index (χ1v) is 10.5. The van der Waals surface area contributed by atoms with Crippen molar-refractivity contribution >= 4 is 40.1 Å². The Kier molecular flexibility index (Phi) is 4.14. The molecule has 0 fully saturated rings. The van der Waals surface area contributed by atoms with Gasteiger partial charge < -0.3 is 4.90 Å². The summed E-state index contributed by atoms with van der Waals surface area (Å²) >= 11 is 1.49. The van der Waals surface area contributed by atoms with Crippen LogP contribution in [-0.2, 0) is 16.0 Å². The van der Waals surface area contributed by atoms with Gasteiger partial charge in [-0.1, -0.05) is 36.4 Å². The average Bonchev–Trinajstić information content (AvgIpc) is 3.42. The molecule has 2 aliphatic rings. The zero-order chi connectivity index (χ0) is 20.1. The second-order valence-electron chi connectivity index (χ2n) is 7.47. The Labute approximate surface area is 173 Å². The van der Waals surface area contributed by atoms with Gasteiger partial charge in [-0.05, 0) is 60.5 Å². The van der Waals surface area contributed by atoms with E-state index in [1.54, 1.807) is 0 Å². The van der Waals surface area contributed by atoms with E-state index in [0.717, 1.165) is 28.1 Å². The highest BCUT2D eigenvalue weighted by atomic mass is 32.1. The molecule has 0 N–H and O–H groups in total. The predicted octanol–water partition coefficient (Wildman–Crippen LogP) is 4.71. The Balaban J connectivity index is 1.69. The van der Waals surface area contributed by atoms with Crippen molar-refractivity contribution in [1.82, 2.24) is 0 Å². The van der Waals surface area contributed by atoms with Gasteiger partial charge in [0.25, 0.3) is 11.8 Å². The SMILES string of the molecule is Cc1ccc(C)c(N2C(=O)C(c3cccs3)=C(N3CCc4ccccc43)C2=O)c1. The van der Waals surface area contributed by atoms with Crippen molar-refractivity contribution in [3.8, 4) is 0 Å². The number of benzene rings is 2. The van der Waals surface area contributed by atoms with Crippen LogP contribution in [0.3, 0.4) is 0 Å². The molecule has 3 heterocycles. The molecule has 0 atom stereocenters. The minimum atomic E-state index is -0.246. The molecule has 0 saturated carbocycles. The molecule has 2 aliphatic heterocycles. The maximum Gasteiger partial charge on any atom is 0.282 e. The van der Waals surface area contributed by atoms with Crippen molar-refractivity contribution in [2.24, 2.45) is 0 Å². The van der Waals surface area contributed by atoms with Crippen LogP contribution in [0.5, 0.6) is 0 Å². The standard InChI is InChI=1S/C24H20N2O2S/c1-15-9-10-16(2)19(14-15)26-23(27)21(20-8-5-13-29-20)22(24(26)28)25-12-11-17-6-3-4-7-18(17)25/h3-10,13-14H,11-12H2,1-2H3. The van der Waals surface area contributed by atoms with Crippen LogP contribution in [0.4, 0.5) is 11.4 Å². The number of thiophene rings is 1. The van der Waals surface area contributed by atoms with Crippen molar-refractivity contribution in [2.45, 2.75) is 20.3 Å². The van der Waals surface area contributed by atoms with E-state index in [2.05, 4.69) is 6.07 Å². The fourth-order valence-corrected chi connectivity index (χ4v) is 4.92. The van der Waals surface area contributed by atoms with Crippen molar-refractivity contribution < 1.29 is 9.59 Å². The molecule has 4 nitrogen and oxygen atoms in total. The molecular formula is C24H20N2O2S. The van der Waals surface area contributed by atoms with Gasteiger partial charge in [-0.25, -0.2) is 4.90 Å². The zero-order valence-electron chi connectivity index (χ0n) is 16.3. The van der Waals surface area contributed by atoms with Crippen LogP contribution < -0.4 is 9.80 Å². The number of fused-ring (bicyclic) bond motifs is 1. The van der Waals surface area contributed by atoms with Crippen molar-refractivity contribution in [2.75, 3.05) is 16.3 Å². The maximum absolute atomic E-state index is 13.7. The van der Waals surface area contributed by atoms with E-state index in [-0.39, 0.29) is 11.8 Å². The minimum absolute atomic E-state index is 0.245. The molecule has 0 saturated heterocycles. The Morgan fingerprint density at radius 2 is 1.72 bits per heavy atom. The number of para-hydroxylation sites is 1. The summed E-state index contributed by atoms with van der Waals surface area (Å²) in [7, 11) is 0. The predicted molar refractivity (Wildman–Crippen MR) is 117 cm³/mol. The lowest BCUT2D eigenvalue weighted by Crippen LogP contribution is -2.35. The van der Waals surface area contributed by atoms with Gasteiger partial charge in [0.05, 0.1) is 11.3 Å². The van der Waals surface area contributed by atoms with Gasteiger partial charge in [0, 0.05) is 17.1 Å². The van der Waals surface area contributed by atoms with Gasteiger partial charge in [0.2, 0.25) is 0 Å². The van der Waals surface area contributed by atoms with Gasteiger partial charge in [-0.2, -0.15) is 0 Å². The molecule has 0 aliphatic carbocycles. The van der Waals surface area contributed by atoms with E-state index in [1.807, 2.05) is 72.7 Å². The number of amides is 2. The lowest BCUT2D eigenvalue weighted by atomic mass is 10.1. The molecule has 0 bridgehead atoms. The third-order valence-corrected chi connectivity index (χ3v) is 6.48. The topological polar surface area (TPSA) is 40.6 Å². The number of rotatable bonds is 3. The van der Waals surface area contributed by atoms with Gasteiger partial charge in [-0.15, -0.1) is 11.3 Å². The first-order chi connectivity index (χ1) is 14.1. The molecule has 5 heteroatoms. The lowest BCUT2D eigenvalue weighted by Gasteiger charge is -2.22. The normalized spacial score (nSPS) is 16.2. The molecule has 2 aromatic carbocycles. The fraction of sp³-hybridized carbons (Fsp3) is 0.167. The second kappa shape index (κ2) is 6.71. The van der Waals surface area contributed by atoms with Crippen LogP contribution in [0.2, 0.25) is 0 Å². The number of aryl methyl sites for hydroxylation is 2. The number of anilines is 2. The average molecular weight is 401 g/mol. The van der Waals surface area contributed by atoms with Gasteiger partial charge in [-0.3, -0.25) is 9.59 Å². The van der Waals surface area contributed by atoms with Crippen molar-refractivity contribution in [3.63, 3.8) is 0 Å².